The number of hydrogen-bond acceptors (Lipinski definition) is 3. The van der Waals surface area contributed by atoms with Crippen molar-refractivity contribution in [2.24, 2.45) is 5.92 Å². The number of hydrogen-bond donors (Lipinski definition) is 2. The third kappa shape index (κ3) is 2.82. The normalized spacial score (nSPS) is 18.4. The zero-order valence-electron chi connectivity index (χ0n) is 10.9. The maximum Gasteiger partial charge on any atom is 0.165 e. The predicted octanol–water partition coefficient (Wildman–Crippen LogP) is 2.08. The number of nitrogens with one attached hydrogen (secondary N) is 1. The zero-order valence-corrected chi connectivity index (χ0v) is 10.9. The van der Waals surface area contributed by atoms with Gasteiger partial charge in [-0.05, 0) is 43.4 Å². The van der Waals surface area contributed by atoms with Crippen LogP contribution in [0, 0.1) is 11.7 Å². The van der Waals surface area contributed by atoms with Crippen molar-refractivity contribution in [2.45, 2.75) is 31.8 Å². The molecule has 0 saturated heterocycles. The number of ether oxygens (including phenoxy) is 1. The molecule has 2 N–H and O–H groups in total. The van der Waals surface area contributed by atoms with E-state index in [0.717, 1.165) is 18.4 Å². The van der Waals surface area contributed by atoms with Crippen LogP contribution in [0.15, 0.2) is 18.2 Å². The van der Waals surface area contributed by atoms with Crippen LogP contribution in [0.5, 0.6) is 5.75 Å². The minimum Gasteiger partial charge on any atom is -0.494 e. The van der Waals surface area contributed by atoms with E-state index in [1.54, 1.807) is 6.07 Å². The maximum absolute atomic E-state index is 13.5. The summed E-state index contributed by atoms with van der Waals surface area (Å²) in [6.07, 6.45) is 2.31. The monoisotopic (exact) mass is 253 g/mol. The highest BCUT2D eigenvalue weighted by atomic mass is 19.1. The van der Waals surface area contributed by atoms with Gasteiger partial charge in [0, 0.05) is 12.1 Å². The van der Waals surface area contributed by atoms with Crippen LogP contribution in [-0.4, -0.2) is 24.4 Å². The summed E-state index contributed by atoms with van der Waals surface area (Å²) < 4.78 is 18.4. The average molecular weight is 253 g/mol. The molecule has 100 valence electrons. The standard InChI is InChI=1S/C14H20FNO2/c1-14(9-17,11-4-5-11)16-8-10-3-6-13(18-2)12(15)7-10/h3,6-7,11,16-17H,4-5,8-9H2,1-2H3. The molecule has 1 aromatic rings. The molecule has 1 aliphatic carbocycles. The Balaban J connectivity index is 1.99. The average Bonchev–Trinajstić information content (AvgIpc) is 3.21. The lowest BCUT2D eigenvalue weighted by Gasteiger charge is -2.29. The summed E-state index contributed by atoms with van der Waals surface area (Å²) in [5.41, 5.74) is 0.602. The van der Waals surface area contributed by atoms with Gasteiger partial charge in [-0.2, -0.15) is 0 Å². The molecule has 1 unspecified atom stereocenters. The first kappa shape index (κ1) is 13.3. The van der Waals surface area contributed by atoms with Gasteiger partial charge < -0.3 is 15.2 Å². The third-order valence-electron chi connectivity index (χ3n) is 3.72. The minimum absolute atomic E-state index is 0.107. The molecule has 0 aromatic heterocycles. The van der Waals surface area contributed by atoms with Crippen LogP contribution in [-0.2, 0) is 6.54 Å². The van der Waals surface area contributed by atoms with Crippen LogP contribution < -0.4 is 10.1 Å². The van der Waals surface area contributed by atoms with Crippen molar-refractivity contribution in [3.63, 3.8) is 0 Å². The van der Waals surface area contributed by atoms with Crippen LogP contribution in [0.1, 0.15) is 25.3 Å². The van der Waals surface area contributed by atoms with Crippen LogP contribution in [0.4, 0.5) is 4.39 Å². The molecule has 1 aromatic carbocycles. The highest BCUT2D eigenvalue weighted by molar-refractivity contribution is 5.29. The van der Waals surface area contributed by atoms with Crippen molar-refractivity contribution in [3.05, 3.63) is 29.6 Å². The largest absolute Gasteiger partial charge is 0.494 e. The van der Waals surface area contributed by atoms with E-state index in [-0.39, 0.29) is 23.7 Å². The first-order chi connectivity index (χ1) is 8.59. The lowest BCUT2D eigenvalue weighted by molar-refractivity contribution is 0.153. The van der Waals surface area contributed by atoms with E-state index >= 15 is 0 Å². The van der Waals surface area contributed by atoms with E-state index in [0.29, 0.717) is 12.5 Å². The summed E-state index contributed by atoms with van der Waals surface area (Å²) >= 11 is 0. The van der Waals surface area contributed by atoms with Crippen LogP contribution in [0.3, 0.4) is 0 Å². The fourth-order valence-electron chi connectivity index (χ4n) is 2.17. The lowest BCUT2D eigenvalue weighted by atomic mass is 9.96. The zero-order chi connectivity index (χ0) is 13.2. The molecular formula is C14H20FNO2. The Bertz CT molecular complexity index is 420. The van der Waals surface area contributed by atoms with Gasteiger partial charge in [-0.25, -0.2) is 4.39 Å². The van der Waals surface area contributed by atoms with Gasteiger partial charge >= 0.3 is 0 Å². The molecular weight excluding hydrogens is 233 g/mol. The Morgan fingerprint density at radius 1 is 1.50 bits per heavy atom. The molecule has 2 rings (SSSR count). The molecule has 1 fully saturated rings. The van der Waals surface area contributed by atoms with Gasteiger partial charge in [0.15, 0.2) is 11.6 Å². The first-order valence-corrected chi connectivity index (χ1v) is 6.27. The van der Waals surface area contributed by atoms with Crippen molar-refractivity contribution in [2.75, 3.05) is 13.7 Å². The molecule has 18 heavy (non-hydrogen) atoms. The Morgan fingerprint density at radius 2 is 2.22 bits per heavy atom. The Morgan fingerprint density at radius 3 is 2.72 bits per heavy atom. The van der Waals surface area contributed by atoms with Crippen LogP contribution in [0.25, 0.3) is 0 Å². The lowest BCUT2D eigenvalue weighted by Crippen LogP contribution is -2.47. The quantitative estimate of drug-likeness (QED) is 0.815. The first-order valence-electron chi connectivity index (χ1n) is 6.27. The van der Waals surface area contributed by atoms with E-state index in [9.17, 15) is 9.50 Å². The molecule has 4 heteroatoms. The Labute approximate surface area is 107 Å². The SMILES string of the molecule is COc1ccc(CNC(C)(CO)C2CC2)cc1F. The molecule has 1 atom stereocenters. The van der Waals surface area contributed by atoms with E-state index in [1.807, 2.05) is 13.0 Å². The number of aliphatic hydroxyl groups is 1. The van der Waals surface area contributed by atoms with Gasteiger partial charge in [-0.3, -0.25) is 0 Å². The number of benzene rings is 1. The van der Waals surface area contributed by atoms with Gasteiger partial charge in [0.1, 0.15) is 0 Å². The topological polar surface area (TPSA) is 41.5 Å². The number of rotatable bonds is 6. The van der Waals surface area contributed by atoms with Crippen molar-refractivity contribution in [1.29, 1.82) is 0 Å². The van der Waals surface area contributed by atoms with Crippen molar-refractivity contribution in [1.82, 2.24) is 5.32 Å². The highest BCUT2D eigenvalue weighted by Gasteiger charge is 2.40. The van der Waals surface area contributed by atoms with Gasteiger partial charge in [0.05, 0.1) is 13.7 Å². The summed E-state index contributed by atoms with van der Waals surface area (Å²) in [6.45, 7) is 2.68. The maximum atomic E-state index is 13.5. The van der Waals surface area contributed by atoms with E-state index in [2.05, 4.69) is 5.32 Å². The summed E-state index contributed by atoms with van der Waals surface area (Å²) in [6, 6.07) is 4.93. The molecule has 0 heterocycles. The van der Waals surface area contributed by atoms with Crippen LogP contribution in [0.2, 0.25) is 0 Å². The summed E-state index contributed by atoms with van der Waals surface area (Å²) in [7, 11) is 1.45. The second-order valence-corrected chi connectivity index (χ2v) is 5.17. The number of methoxy groups -OCH3 is 1. The summed E-state index contributed by atoms with van der Waals surface area (Å²) in [5, 5.41) is 12.8. The smallest absolute Gasteiger partial charge is 0.165 e. The van der Waals surface area contributed by atoms with E-state index < -0.39 is 0 Å². The summed E-state index contributed by atoms with van der Waals surface area (Å²) in [5.74, 6) is 0.436. The molecule has 1 saturated carbocycles. The molecule has 3 nitrogen and oxygen atoms in total. The molecule has 0 spiro atoms. The number of aliphatic hydroxyl groups excluding tert-OH is 1. The van der Waals surface area contributed by atoms with Crippen molar-refractivity contribution >= 4 is 0 Å². The second-order valence-electron chi connectivity index (χ2n) is 5.17. The van der Waals surface area contributed by atoms with Gasteiger partial charge in [0.25, 0.3) is 0 Å². The minimum atomic E-state index is -0.353. The molecule has 0 amide bonds. The van der Waals surface area contributed by atoms with Gasteiger partial charge in [-0.1, -0.05) is 6.07 Å². The van der Waals surface area contributed by atoms with Crippen LogP contribution >= 0.6 is 0 Å². The van der Waals surface area contributed by atoms with Gasteiger partial charge in [-0.15, -0.1) is 0 Å². The van der Waals surface area contributed by atoms with Gasteiger partial charge in [0.2, 0.25) is 0 Å². The predicted molar refractivity (Wildman–Crippen MR) is 68.0 cm³/mol. The third-order valence-corrected chi connectivity index (χ3v) is 3.72. The molecule has 1 aliphatic rings. The molecule has 0 bridgehead atoms. The van der Waals surface area contributed by atoms with Crippen molar-refractivity contribution in [3.8, 4) is 5.75 Å². The highest BCUT2D eigenvalue weighted by Crippen LogP contribution is 2.39. The fourth-order valence-corrected chi connectivity index (χ4v) is 2.17. The molecule has 0 aliphatic heterocycles. The van der Waals surface area contributed by atoms with Crippen molar-refractivity contribution < 1.29 is 14.2 Å². The summed E-state index contributed by atoms with van der Waals surface area (Å²) in [4.78, 5) is 0. The number of halogens is 1. The fraction of sp³-hybridized carbons (Fsp3) is 0.571. The molecule has 0 radical (unpaired) electrons. The van der Waals surface area contributed by atoms with E-state index in [4.69, 9.17) is 4.74 Å². The van der Waals surface area contributed by atoms with E-state index in [1.165, 1.54) is 13.2 Å². The Kier molecular flexibility index (Phi) is 3.88. The Hall–Kier alpha value is -1.13. The second kappa shape index (κ2) is 5.24.